The largest absolute Gasteiger partial charge is 0.361 e. The number of aromatic nitrogens is 1. The highest BCUT2D eigenvalue weighted by Crippen LogP contribution is 2.25. The van der Waals surface area contributed by atoms with Crippen molar-refractivity contribution in [3.8, 4) is 0 Å². The van der Waals surface area contributed by atoms with Gasteiger partial charge in [0.25, 0.3) is 0 Å². The summed E-state index contributed by atoms with van der Waals surface area (Å²) in [5.41, 5.74) is 2.44. The molecule has 2 aromatic carbocycles. The van der Waals surface area contributed by atoms with Crippen molar-refractivity contribution < 1.29 is 27.6 Å². The number of rotatable bonds is 7. The van der Waals surface area contributed by atoms with E-state index >= 15 is 0 Å². The second-order valence-electron chi connectivity index (χ2n) is 13.5. The molecule has 3 heterocycles. The van der Waals surface area contributed by atoms with E-state index in [1.807, 2.05) is 51.2 Å². The van der Waals surface area contributed by atoms with Gasteiger partial charge in [-0.1, -0.05) is 51.1 Å². The molecule has 2 aliphatic rings. The predicted molar refractivity (Wildman–Crippen MR) is 179 cm³/mol. The number of carbonyl (C=O) groups excluding carboxylic acids is 4. The van der Waals surface area contributed by atoms with Crippen molar-refractivity contribution in [2.45, 2.75) is 88.4 Å². The van der Waals surface area contributed by atoms with Crippen LogP contribution < -0.4 is 16.0 Å². The number of para-hydroxylation sites is 1. The highest BCUT2D eigenvalue weighted by atomic mass is 32.2. The average molecular weight is 664 g/mol. The standard InChI is InChI=1S/C35H45N5O6S/c1-21(2)28-14-9-22(3)15-32(41)38-30(17-24-19-36-29-8-6-5-7-27(24)29)35(44)40-20-25(18-31(40)34(43)39-28)37-33(42)16-23-10-12-26(13-11-23)47(4,45)46/h5-8,10-13,19,21-22,25,28,30-31,36H,9,14-18,20H2,1-4H3,(H,37,42)(H,38,41)(H,39,43)/t22-,25-,28+,30-,31+/m1/s1. The molecular weight excluding hydrogens is 618 g/mol. The molecule has 0 spiro atoms. The number of hydrogen-bond donors (Lipinski definition) is 4. The number of hydrogen-bond acceptors (Lipinski definition) is 6. The van der Waals surface area contributed by atoms with Gasteiger partial charge in [0.1, 0.15) is 12.1 Å². The van der Waals surface area contributed by atoms with Crippen molar-refractivity contribution in [2.75, 3.05) is 12.8 Å². The topological polar surface area (TPSA) is 158 Å². The molecule has 12 heteroatoms. The van der Waals surface area contributed by atoms with Gasteiger partial charge in [-0.2, -0.15) is 0 Å². The van der Waals surface area contributed by atoms with E-state index in [9.17, 15) is 27.6 Å². The zero-order chi connectivity index (χ0) is 33.9. The number of fused-ring (bicyclic) bond motifs is 2. The number of benzene rings is 2. The normalized spacial score (nSPS) is 24.6. The molecule has 47 heavy (non-hydrogen) atoms. The number of nitrogens with one attached hydrogen (secondary N) is 4. The van der Waals surface area contributed by atoms with Gasteiger partial charge >= 0.3 is 0 Å². The monoisotopic (exact) mass is 663 g/mol. The Balaban J connectivity index is 1.39. The summed E-state index contributed by atoms with van der Waals surface area (Å²) in [5, 5.41) is 10.1. The molecular formula is C35H45N5O6S. The van der Waals surface area contributed by atoms with E-state index in [0.717, 1.165) is 29.1 Å². The van der Waals surface area contributed by atoms with Gasteiger partial charge in [0.05, 0.1) is 11.3 Å². The number of sulfone groups is 1. The predicted octanol–water partition coefficient (Wildman–Crippen LogP) is 2.89. The quantitative estimate of drug-likeness (QED) is 0.305. The van der Waals surface area contributed by atoms with Gasteiger partial charge in [0, 0.05) is 54.8 Å². The zero-order valence-electron chi connectivity index (χ0n) is 27.4. The van der Waals surface area contributed by atoms with Crippen molar-refractivity contribution in [1.82, 2.24) is 25.8 Å². The van der Waals surface area contributed by atoms with Gasteiger partial charge in [0.2, 0.25) is 23.6 Å². The fourth-order valence-electron chi connectivity index (χ4n) is 6.66. The lowest BCUT2D eigenvalue weighted by Crippen LogP contribution is -2.55. The van der Waals surface area contributed by atoms with E-state index < -0.39 is 28.0 Å². The maximum atomic E-state index is 14.4. The first-order valence-corrected chi connectivity index (χ1v) is 18.2. The van der Waals surface area contributed by atoms with Gasteiger partial charge < -0.3 is 25.8 Å². The molecule has 2 fully saturated rings. The van der Waals surface area contributed by atoms with Crippen LogP contribution >= 0.6 is 0 Å². The third-order valence-corrected chi connectivity index (χ3v) is 10.5. The molecule has 0 radical (unpaired) electrons. The van der Waals surface area contributed by atoms with Gasteiger partial charge in [-0.05, 0) is 60.4 Å². The summed E-state index contributed by atoms with van der Waals surface area (Å²) in [7, 11) is -3.36. The summed E-state index contributed by atoms with van der Waals surface area (Å²) in [6.07, 6.45) is 5.17. The minimum Gasteiger partial charge on any atom is -0.361 e. The van der Waals surface area contributed by atoms with E-state index in [4.69, 9.17) is 0 Å². The highest BCUT2D eigenvalue weighted by Gasteiger charge is 2.43. The number of aromatic amines is 1. The van der Waals surface area contributed by atoms with Gasteiger partial charge in [-0.3, -0.25) is 19.2 Å². The molecule has 1 aromatic heterocycles. The first kappa shape index (κ1) is 34.2. The van der Waals surface area contributed by atoms with Crippen molar-refractivity contribution in [3.63, 3.8) is 0 Å². The van der Waals surface area contributed by atoms with Crippen molar-refractivity contribution in [2.24, 2.45) is 11.8 Å². The molecule has 5 atom stereocenters. The van der Waals surface area contributed by atoms with Crippen LogP contribution in [-0.2, 0) is 41.9 Å². The lowest BCUT2D eigenvalue weighted by Gasteiger charge is -2.30. The first-order valence-electron chi connectivity index (χ1n) is 16.3. The Labute approximate surface area is 276 Å². The van der Waals surface area contributed by atoms with E-state index in [-0.39, 0.29) is 78.6 Å². The van der Waals surface area contributed by atoms with Crippen LogP contribution in [0.3, 0.4) is 0 Å². The van der Waals surface area contributed by atoms with Crippen molar-refractivity contribution >= 4 is 44.4 Å². The summed E-state index contributed by atoms with van der Waals surface area (Å²) in [6.45, 7) is 6.21. The Hall–Kier alpha value is -4.19. The van der Waals surface area contributed by atoms with Gasteiger partial charge in [0.15, 0.2) is 9.84 Å². The van der Waals surface area contributed by atoms with Gasteiger partial charge in [-0.25, -0.2) is 8.42 Å². The number of H-pyrrole nitrogens is 1. The highest BCUT2D eigenvalue weighted by molar-refractivity contribution is 7.90. The third kappa shape index (κ3) is 8.40. The number of carbonyl (C=O) groups is 4. The SMILES string of the molecule is CC(C)[C@@H]1CC[C@@H](C)CC(=O)N[C@H](Cc2c[nH]c3ccccc23)C(=O)N2C[C@H](NC(=O)Cc3ccc(S(C)(=O)=O)cc3)C[C@H]2C(=O)N1. The van der Waals surface area contributed by atoms with Crippen LogP contribution in [0.1, 0.15) is 57.6 Å². The summed E-state index contributed by atoms with van der Waals surface area (Å²) < 4.78 is 23.6. The molecule has 5 rings (SSSR count). The summed E-state index contributed by atoms with van der Waals surface area (Å²) in [5.74, 6) is -0.936. The maximum absolute atomic E-state index is 14.4. The van der Waals surface area contributed by atoms with Crippen LogP contribution in [0.15, 0.2) is 59.6 Å². The molecule has 11 nitrogen and oxygen atoms in total. The van der Waals surface area contributed by atoms with E-state index in [2.05, 4.69) is 20.9 Å². The van der Waals surface area contributed by atoms with Gasteiger partial charge in [-0.15, -0.1) is 0 Å². The van der Waals surface area contributed by atoms with E-state index in [1.54, 1.807) is 12.1 Å². The molecule has 0 bridgehead atoms. The first-order chi connectivity index (χ1) is 22.3. The summed E-state index contributed by atoms with van der Waals surface area (Å²) >= 11 is 0. The van der Waals surface area contributed by atoms with Crippen LogP contribution in [0.5, 0.6) is 0 Å². The minimum absolute atomic E-state index is 0.0121. The van der Waals surface area contributed by atoms with Crippen LogP contribution in [0.25, 0.3) is 10.9 Å². The average Bonchev–Trinajstić information content (AvgIpc) is 3.62. The van der Waals surface area contributed by atoms with E-state index in [1.165, 1.54) is 17.0 Å². The maximum Gasteiger partial charge on any atom is 0.246 e. The Kier molecular flexibility index (Phi) is 10.4. The Morgan fingerprint density at radius 1 is 1.02 bits per heavy atom. The fourth-order valence-corrected chi connectivity index (χ4v) is 7.29. The lowest BCUT2D eigenvalue weighted by atomic mass is 9.92. The molecule has 3 aromatic rings. The van der Waals surface area contributed by atoms with Crippen LogP contribution in [0.2, 0.25) is 0 Å². The second-order valence-corrected chi connectivity index (χ2v) is 15.5. The molecule has 252 valence electrons. The zero-order valence-corrected chi connectivity index (χ0v) is 28.2. The van der Waals surface area contributed by atoms with Crippen LogP contribution in [-0.4, -0.2) is 78.9 Å². The smallest absolute Gasteiger partial charge is 0.246 e. The lowest BCUT2D eigenvalue weighted by molar-refractivity contribution is -0.141. The summed E-state index contributed by atoms with van der Waals surface area (Å²) in [6, 6.07) is 11.5. The molecule has 0 unspecified atom stereocenters. The molecule has 0 saturated carbocycles. The molecule has 4 amide bonds. The van der Waals surface area contributed by atoms with Crippen molar-refractivity contribution in [3.05, 3.63) is 65.9 Å². The minimum atomic E-state index is -3.36. The van der Waals surface area contributed by atoms with Crippen LogP contribution in [0.4, 0.5) is 0 Å². The number of nitrogens with zero attached hydrogens (tertiary/aromatic N) is 1. The molecule has 2 saturated heterocycles. The van der Waals surface area contributed by atoms with E-state index in [0.29, 0.717) is 12.0 Å². The molecule has 0 aliphatic carbocycles. The fraction of sp³-hybridized carbons (Fsp3) is 0.486. The van der Waals surface area contributed by atoms with Crippen molar-refractivity contribution in [1.29, 1.82) is 0 Å². The Morgan fingerprint density at radius 3 is 2.45 bits per heavy atom. The second kappa shape index (κ2) is 14.3. The molecule has 2 aliphatic heterocycles. The number of amides is 4. The molecule has 4 N–H and O–H groups in total. The third-order valence-electron chi connectivity index (χ3n) is 9.34. The Bertz CT molecular complexity index is 1730. The van der Waals surface area contributed by atoms with Crippen LogP contribution in [0, 0.1) is 11.8 Å². The summed E-state index contributed by atoms with van der Waals surface area (Å²) in [4.78, 5) is 59.6. The Morgan fingerprint density at radius 2 is 1.74 bits per heavy atom.